The van der Waals surface area contributed by atoms with E-state index in [1.807, 2.05) is 6.92 Å². The molecule has 0 spiro atoms. The summed E-state index contributed by atoms with van der Waals surface area (Å²) < 4.78 is 1.76. The SMILES string of the molecule is CCCc1c(C(=O)O)nnn1CCN1CCCC1. The minimum absolute atomic E-state index is 0.110. The Bertz CT molecular complexity index is 410. The zero-order valence-electron chi connectivity index (χ0n) is 10.8. The molecule has 1 aliphatic rings. The number of rotatable bonds is 6. The van der Waals surface area contributed by atoms with Gasteiger partial charge in [-0.2, -0.15) is 0 Å². The molecule has 6 nitrogen and oxygen atoms in total. The Balaban J connectivity index is 2.04. The molecule has 0 amide bonds. The second-order valence-corrected chi connectivity index (χ2v) is 4.71. The number of aromatic nitrogens is 3. The Kier molecular flexibility index (Phi) is 4.30. The second kappa shape index (κ2) is 5.95. The number of likely N-dealkylation sites (tertiary alicyclic amines) is 1. The quantitative estimate of drug-likeness (QED) is 0.818. The zero-order chi connectivity index (χ0) is 13.0. The van der Waals surface area contributed by atoms with Gasteiger partial charge in [-0.15, -0.1) is 5.10 Å². The van der Waals surface area contributed by atoms with E-state index in [9.17, 15) is 4.79 Å². The maximum absolute atomic E-state index is 11.0. The molecule has 2 heterocycles. The fourth-order valence-electron chi connectivity index (χ4n) is 2.41. The Morgan fingerprint density at radius 2 is 2.06 bits per heavy atom. The lowest BCUT2D eigenvalue weighted by Crippen LogP contribution is -2.25. The van der Waals surface area contributed by atoms with Gasteiger partial charge in [0, 0.05) is 6.54 Å². The van der Waals surface area contributed by atoms with Gasteiger partial charge in [-0.3, -0.25) is 0 Å². The third-order valence-corrected chi connectivity index (χ3v) is 3.35. The Hall–Kier alpha value is -1.43. The van der Waals surface area contributed by atoms with Crippen molar-refractivity contribution < 1.29 is 9.90 Å². The first kappa shape index (κ1) is 13.0. The van der Waals surface area contributed by atoms with Gasteiger partial charge in [0.05, 0.1) is 12.2 Å². The average Bonchev–Trinajstić information content (AvgIpc) is 2.95. The second-order valence-electron chi connectivity index (χ2n) is 4.71. The highest BCUT2D eigenvalue weighted by atomic mass is 16.4. The molecule has 2 rings (SSSR count). The summed E-state index contributed by atoms with van der Waals surface area (Å²) in [6.45, 7) is 5.98. The highest BCUT2D eigenvalue weighted by molar-refractivity contribution is 5.86. The molecule has 18 heavy (non-hydrogen) atoms. The van der Waals surface area contributed by atoms with Crippen LogP contribution >= 0.6 is 0 Å². The van der Waals surface area contributed by atoms with Crippen molar-refractivity contribution in [2.24, 2.45) is 0 Å². The van der Waals surface area contributed by atoms with Gasteiger partial charge >= 0.3 is 5.97 Å². The minimum atomic E-state index is -0.981. The van der Waals surface area contributed by atoms with Crippen LogP contribution in [0.4, 0.5) is 0 Å². The summed E-state index contributed by atoms with van der Waals surface area (Å²) in [5.74, 6) is -0.981. The minimum Gasteiger partial charge on any atom is -0.476 e. The highest BCUT2D eigenvalue weighted by Gasteiger charge is 2.19. The molecule has 100 valence electrons. The standard InChI is InChI=1S/C12H20N4O2/c1-2-5-10-11(12(17)18)13-14-16(10)9-8-15-6-3-4-7-15/h2-9H2,1H3,(H,17,18). The van der Waals surface area contributed by atoms with Crippen LogP contribution in [0.15, 0.2) is 0 Å². The van der Waals surface area contributed by atoms with Gasteiger partial charge < -0.3 is 10.0 Å². The number of carboxylic acids is 1. The van der Waals surface area contributed by atoms with Crippen molar-refractivity contribution in [1.29, 1.82) is 0 Å². The number of carbonyl (C=O) groups is 1. The highest BCUT2D eigenvalue weighted by Crippen LogP contribution is 2.11. The van der Waals surface area contributed by atoms with Gasteiger partial charge in [0.2, 0.25) is 0 Å². The van der Waals surface area contributed by atoms with E-state index in [0.717, 1.165) is 38.3 Å². The lowest BCUT2D eigenvalue weighted by Gasteiger charge is -2.15. The summed E-state index contributed by atoms with van der Waals surface area (Å²) in [6.07, 6.45) is 4.14. The van der Waals surface area contributed by atoms with Crippen LogP contribution in [0.2, 0.25) is 0 Å². The third kappa shape index (κ3) is 2.87. The molecule has 1 saturated heterocycles. The van der Waals surface area contributed by atoms with Gasteiger partial charge in [-0.1, -0.05) is 18.6 Å². The van der Waals surface area contributed by atoms with Crippen molar-refractivity contribution in [3.63, 3.8) is 0 Å². The number of hydrogen-bond donors (Lipinski definition) is 1. The number of carboxylic acid groups (broad SMARTS) is 1. The molecule has 1 fully saturated rings. The predicted octanol–water partition coefficient (Wildman–Crippen LogP) is 1.02. The summed E-state index contributed by atoms with van der Waals surface area (Å²) in [6, 6.07) is 0. The molecule has 0 aliphatic carbocycles. The first-order valence-electron chi connectivity index (χ1n) is 6.60. The van der Waals surface area contributed by atoms with Crippen LogP contribution < -0.4 is 0 Å². The third-order valence-electron chi connectivity index (χ3n) is 3.35. The maximum Gasteiger partial charge on any atom is 0.358 e. The molecule has 6 heteroatoms. The number of hydrogen-bond acceptors (Lipinski definition) is 4. The van der Waals surface area contributed by atoms with Crippen molar-refractivity contribution in [2.75, 3.05) is 19.6 Å². The van der Waals surface area contributed by atoms with E-state index < -0.39 is 5.97 Å². The van der Waals surface area contributed by atoms with E-state index in [4.69, 9.17) is 5.11 Å². The van der Waals surface area contributed by atoms with E-state index in [0.29, 0.717) is 6.42 Å². The molecule has 1 N–H and O–H groups in total. The van der Waals surface area contributed by atoms with Crippen LogP contribution in [0, 0.1) is 0 Å². The van der Waals surface area contributed by atoms with E-state index in [1.165, 1.54) is 12.8 Å². The first-order valence-corrected chi connectivity index (χ1v) is 6.60. The normalized spacial score (nSPS) is 16.3. The van der Waals surface area contributed by atoms with Crippen molar-refractivity contribution in [3.05, 3.63) is 11.4 Å². The first-order chi connectivity index (χ1) is 8.72. The van der Waals surface area contributed by atoms with Crippen molar-refractivity contribution >= 4 is 5.97 Å². The smallest absolute Gasteiger partial charge is 0.358 e. The van der Waals surface area contributed by atoms with Gasteiger partial charge in [0.1, 0.15) is 0 Å². The van der Waals surface area contributed by atoms with Gasteiger partial charge in [0.25, 0.3) is 0 Å². The van der Waals surface area contributed by atoms with Crippen LogP contribution in [0.5, 0.6) is 0 Å². The topological polar surface area (TPSA) is 71.2 Å². The Morgan fingerprint density at radius 3 is 2.67 bits per heavy atom. The lowest BCUT2D eigenvalue weighted by atomic mass is 10.2. The van der Waals surface area contributed by atoms with Crippen LogP contribution in [0.25, 0.3) is 0 Å². The molecule has 0 bridgehead atoms. The van der Waals surface area contributed by atoms with Gasteiger partial charge in [-0.25, -0.2) is 9.48 Å². The average molecular weight is 252 g/mol. The van der Waals surface area contributed by atoms with Crippen LogP contribution in [0.3, 0.4) is 0 Å². The Morgan fingerprint density at radius 1 is 1.33 bits per heavy atom. The predicted molar refractivity (Wildman–Crippen MR) is 66.7 cm³/mol. The lowest BCUT2D eigenvalue weighted by molar-refractivity contribution is 0.0689. The summed E-state index contributed by atoms with van der Waals surface area (Å²) in [5.41, 5.74) is 0.863. The maximum atomic E-state index is 11.0. The molecule has 1 aromatic heterocycles. The number of nitrogens with zero attached hydrogens (tertiary/aromatic N) is 4. The zero-order valence-corrected chi connectivity index (χ0v) is 10.8. The van der Waals surface area contributed by atoms with Crippen molar-refractivity contribution in [3.8, 4) is 0 Å². The fraction of sp³-hybridized carbons (Fsp3) is 0.750. The fourth-order valence-corrected chi connectivity index (χ4v) is 2.41. The van der Waals surface area contributed by atoms with E-state index in [1.54, 1.807) is 4.68 Å². The molecule has 0 atom stereocenters. The van der Waals surface area contributed by atoms with Crippen molar-refractivity contribution in [2.45, 2.75) is 39.2 Å². The van der Waals surface area contributed by atoms with E-state index in [2.05, 4.69) is 15.2 Å². The van der Waals surface area contributed by atoms with Gasteiger partial charge in [-0.05, 0) is 32.4 Å². The van der Waals surface area contributed by atoms with E-state index in [-0.39, 0.29) is 5.69 Å². The summed E-state index contributed by atoms with van der Waals surface area (Å²) >= 11 is 0. The van der Waals surface area contributed by atoms with Crippen molar-refractivity contribution in [1.82, 2.24) is 19.9 Å². The molecule has 1 aliphatic heterocycles. The van der Waals surface area contributed by atoms with Gasteiger partial charge in [0.15, 0.2) is 5.69 Å². The van der Waals surface area contributed by atoms with Crippen LogP contribution in [-0.4, -0.2) is 50.6 Å². The molecular formula is C12H20N4O2. The largest absolute Gasteiger partial charge is 0.476 e. The van der Waals surface area contributed by atoms with E-state index >= 15 is 0 Å². The van der Waals surface area contributed by atoms with Crippen LogP contribution in [-0.2, 0) is 13.0 Å². The van der Waals surface area contributed by atoms with Crippen LogP contribution in [0.1, 0.15) is 42.4 Å². The molecule has 0 unspecified atom stereocenters. The molecule has 0 radical (unpaired) electrons. The Labute approximate surface area is 107 Å². The number of aromatic carboxylic acids is 1. The molecular weight excluding hydrogens is 232 g/mol. The summed E-state index contributed by atoms with van der Waals surface area (Å²) in [4.78, 5) is 13.4. The summed E-state index contributed by atoms with van der Waals surface area (Å²) in [7, 11) is 0. The molecule has 1 aromatic rings. The molecule has 0 saturated carbocycles. The monoisotopic (exact) mass is 252 g/mol. The summed E-state index contributed by atoms with van der Waals surface area (Å²) in [5, 5.41) is 16.8. The molecule has 0 aromatic carbocycles.